The molecule has 0 nitrogen and oxygen atoms in total. The third-order valence-electron chi connectivity index (χ3n) is 7.04. The Kier molecular flexibility index (Phi) is 13.9. The molecule has 30 heavy (non-hydrogen) atoms. The molecule has 0 aromatic heterocycles. The van der Waals surface area contributed by atoms with Gasteiger partial charge in [-0.2, -0.15) is 0 Å². The van der Waals surface area contributed by atoms with Crippen LogP contribution in [0.1, 0.15) is 144 Å². The largest absolute Gasteiger partial charge is 0.253 e. The van der Waals surface area contributed by atoms with Crippen LogP contribution in [-0.2, 0) is 0 Å². The summed E-state index contributed by atoms with van der Waals surface area (Å²) in [6, 6.07) is 0. The lowest BCUT2D eigenvalue weighted by molar-refractivity contribution is -0.143. The Bertz CT molecular complexity index is 387. The highest BCUT2D eigenvalue weighted by Crippen LogP contribution is 2.49. The summed E-state index contributed by atoms with van der Waals surface area (Å²) in [4.78, 5) is 0. The van der Waals surface area contributed by atoms with Crippen molar-refractivity contribution >= 4 is 0 Å². The van der Waals surface area contributed by atoms with Gasteiger partial charge < -0.3 is 0 Å². The fourth-order valence-electron chi connectivity index (χ4n) is 3.92. The molecule has 0 bridgehead atoms. The summed E-state index contributed by atoms with van der Waals surface area (Å²) in [7, 11) is 0. The molecule has 0 amide bonds. The van der Waals surface area contributed by atoms with Gasteiger partial charge in [0.05, 0.1) is 0 Å². The van der Waals surface area contributed by atoms with E-state index in [2.05, 4.69) is 13.8 Å². The number of rotatable bonds is 19. The van der Waals surface area contributed by atoms with E-state index in [1.807, 2.05) is 0 Å². The molecule has 0 aliphatic heterocycles. The Labute approximate surface area is 185 Å². The minimum Gasteiger partial charge on any atom is -0.206 e. The summed E-state index contributed by atoms with van der Waals surface area (Å²) in [6.07, 6.45) is 11.4. The van der Waals surface area contributed by atoms with Crippen LogP contribution in [0.5, 0.6) is 0 Å². The Balaban J connectivity index is 4.52. The maximum atomic E-state index is 14.8. The van der Waals surface area contributed by atoms with Crippen molar-refractivity contribution in [3.8, 4) is 0 Å². The second-order valence-electron chi connectivity index (χ2n) is 10.7. The lowest BCUT2D eigenvalue weighted by atomic mass is 9.71. The number of hydrogen-bond donors (Lipinski definition) is 0. The van der Waals surface area contributed by atoms with Crippen LogP contribution >= 0.6 is 0 Å². The first kappa shape index (κ1) is 29.7. The second kappa shape index (κ2) is 14.0. The lowest BCUT2D eigenvalue weighted by Crippen LogP contribution is -2.41. The molecule has 4 heteroatoms. The number of halogens is 4. The monoisotopic (exact) mass is 438 g/mol. The van der Waals surface area contributed by atoms with Crippen LogP contribution in [0.2, 0.25) is 0 Å². The molecule has 0 aromatic rings. The fraction of sp³-hybridized carbons (Fsp3) is 1.00. The Morgan fingerprint density at radius 3 is 0.967 bits per heavy atom. The van der Waals surface area contributed by atoms with Crippen molar-refractivity contribution in [1.82, 2.24) is 0 Å². The van der Waals surface area contributed by atoms with Crippen molar-refractivity contribution < 1.29 is 17.6 Å². The molecule has 0 unspecified atom stereocenters. The zero-order valence-electron chi connectivity index (χ0n) is 20.8. The van der Waals surface area contributed by atoms with E-state index in [9.17, 15) is 17.6 Å². The van der Waals surface area contributed by atoms with Gasteiger partial charge in [0.15, 0.2) is 0 Å². The van der Waals surface area contributed by atoms with Crippen LogP contribution in [0.4, 0.5) is 17.6 Å². The fourth-order valence-corrected chi connectivity index (χ4v) is 3.92. The maximum absolute atomic E-state index is 14.8. The van der Waals surface area contributed by atoms with Crippen molar-refractivity contribution in [2.24, 2.45) is 10.8 Å². The van der Waals surface area contributed by atoms with Crippen molar-refractivity contribution in [3.63, 3.8) is 0 Å². The van der Waals surface area contributed by atoms with Gasteiger partial charge >= 0.3 is 0 Å². The normalized spacial score (nSPS) is 13.8. The zero-order chi connectivity index (χ0) is 23.3. The number of hydrogen-bond acceptors (Lipinski definition) is 0. The van der Waals surface area contributed by atoms with Gasteiger partial charge in [0, 0.05) is 23.7 Å². The predicted molar refractivity (Wildman–Crippen MR) is 123 cm³/mol. The van der Waals surface area contributed by atoms with E-state index in [-0.39, 0.29) is 25.7 Å². The maximum Gasteiger partial charge on any atom is 0.253 e. The average molecular weight is 439 g/mol. The smallest absolute Gasteiger partial charge is 0.206 e. The van der Waals surface area contributed by atoms with Gasteiger partial charge in [-0.3, -0.25) is 0 Å². The first-order chi connectivity index (χ1) is 13.8. The van der Waals surface area contributed by atoms with Gasteiger partial charge in [-0.15, -0.1) is 0 Å². The summed E-state index contributed by atoms with van der Waals surface area (Å²) in [5, 5.41) is 0. The Morgan fingerprint density at radius 1 is 0.400 bits per heavy atom. The summed E-state index contributed by atoms with van der Waals surface area (Å²) in [5.41, 5.74) is -2.52. The highest BCUT2D eigenvalue weighted by atomic mass is 19.3. The molecule has 0 saturated heterocycles. The van der Waals surface area contributed by atoms with E-state index in [0.29, 0.717) is 12.8 Å². The molecular formula is C26H50F4. The zero-order valence-corrected chi connectivity index (χ0v) is 20.8. The Hall–Kier alpha value is -0.280. The van der Waals surface area contributed by atoms with Crippen molar-refractivity contribution in [2.75, 3.05) is 0 Å². The SMILES string of the molecule is CCCCCCCCC(F)(F)C(C)(C)CCC(C)(C)C(F)(F)CCCCCCCC. The molecule has 0 N–H and O–H groups in total. The molecule has 0 radical (unpaired) electrons. The van der Waals surface area contributed by atoms with E-state index in [1.165, 1.54) is 0 Å². The average Bonchev–Trinajstić information content (AvgIpc) is 2.65. The highest BCUT2D eigenvalue weighted by molar-refractivity contribution is 4.91. The van der Waals surface area contributed by atoms with E-state index in [4.69, 9.17) is 0 Å². The van der Waals surface area contributed by atoms with Crippen LogP contribution in [0.3, 0.4) is 0 Å². The van der Waals surface area contributed by atoms with Gasteiger partial charge in [0.1, 0.15) is 0 Å². The van der Waals surface area contributed by atoms with Gasteiger partial charge in [0.2, 0.25) is 0 Å². The Morgan fingerprint density at radius 2 is 0.667 bits per heavy atom. The van der Waals surface area contributed by atoms with E-state index in [1.54, 1.807) is 27.7 Å². The van der Waals surface area contributed by atoms with Gasteiger partial charge in [-0.05, 0) is 25.7 Å². The predicted octanol–water partition coefficient (Wildman–Crippen LogP) is 10.6. The summed E-state index contributed by atoms with van der Waals surface area (Å²) >= 11 is 0. The number of unbranched alkanes of at least 4 members (excludes halogenated alkanes) is 10. The minimum atomic E-state index is -2.82. The second-order valence-corrected chi connectivity index (χ2v) is 10.7. The van der Waals surface area contributed by atoms with Crippen LogP contribution < -0.4 is 0 Å². The molecule has 0 heterocycles. The first-order valence-electron chi connectivity index (χ1n) is 12.6. The van der Waals surface area contributed by atoms with Crippen LogP contribution in [0.15, 0.2) is 0 Å². The van der Waals surface area contributed by atoms with E-state index in [0.717, 1.165) is 64.2 Å². The van der Waals surface area contributed by atoms with Crippen molar-refractivity contribution in [3.05, 3.63) is 0 Å². The molecule has 0 spiro atoms. The molecule has 0 aromatic carbocycles. The van der Waals surface area contributed by atoms with E-state index >= 15 is 0 Å². The van der Waals surface area contributed by atoms with Crippen molar-refractivity contribution in [2.45, 2.75) is 156 Å². The molecule has 0 fully saturated rings. The quantitative estimate of drug-likeness (QED) is 0.139. The minimum absolute atomic E-state index is 0.120. The first-order valence-corrected chi connectivity index (χ1v) is 12.6. The van der Waals surface area contributed by atoms with Gasteiger partial charge in [-0.1, -0.05) is 106 Å². The van der Waals surface area contributed by atoms with Crippen molar-refractivity contribution in [1.29, 1.82) is 0 Å². The lowest BCUT2D eigenvalue weighted by Gasteiger charge is -2.40. The van der Waals surface area contributed by atoms with Crippen LogP contribution in [0.25, 0.3) is 0 Å². The number of alkyl halides is 4. The molecule has 0 aliphatic rings. The third kappa shape index (κ3) is 10.8. The summed E-state index contributed by atoms with van der Waals surface area (Å²) < 4.78 is 59.2. The summed E-state index contributed by atoms with van der Waals surface area (Å²) in [6.45, 7) is 10.5. The molecule has 0 rings (SSSR count). The third-order valence-corrected chi connectivity index (χ3v) is 7.04. The molecule has 0 saturated carbocycles. The topological polar surface area (TPSA) is 0 Å². The molecule has 0 atom stereocenters. The van der Waals surface area contributed by atoms with Gasteiger partial charge in [-0.25, -0.2) is 17.6 Å². The van der Waals surface area contributed by atoms with Gasteiger partial charge in [0.25, 0.3) is 11.8 Å². The highest BCUT2D eigenvalue weighted by Gasteiger charge is 2.50. The molecule has 0 aliphatic carbocycles. The van der Waals surface area contributed by atoms with Crippen LogP contribution in [-0.4, -0.2) is 11.8 Å². The summed E-state index contributed by atoms with van der Waals surface area (Å²) in [5.74, 6) is -5.63. The molecular weight excluding hydrogens is 388 g/mol. The standard InChI is InChI=1S/C26H50F4/c1-7-9-11-13-15-17-19-25(27,28)23(3,4)21-22-24(5,6)26(29,30)20-18-16-14-12-10-8-2/h7-22H2,1-6H3. The molecule has 182 valence electrons. The van der Waals surface area contributed by atoms with Crippen LogP contribution in [0, 0.1) is 10.8 Å². The van der Waals surface area contributed by atoms with E-state index < -0.39 is 22.7 Å².